The van der Waals surface area contributed by atoms with Crippen molar-refractivity contribution in [2.45, 2.75) is 40.5 Å². The second-order valence-corrected chi connectivity index (χ2v) is 6.11. The average Bonchev–Trinajstić information content (AvgIpc) is 2.76. The molecule has 1 aromatic rings. The van der Waals surface area contributed by atoms with Gasteiger partial charge in [0.25, 0.3) is 5.91 Å². The summed E-state index contributed by atoms with van der Waals surface area (Å²) in [4.78, 5) is 25.0. The molecular weight excluding hydrogens is 262 g/mol. The smallest absolute Gasteiger partial charge is 0.311 e. The van der Waals surface area contributed by atoms with Gasteiger partial charge in [-0.2, -0.15) is 0 Å². The molecule has 4 nitrogen and oxygen atoms in total. The first kappa shape index (κ1) is 15.7. The molecule has 1 atom stereocenters. The number of carbonyl (C=O) groups is 2. The highest BCUT2D eigenvalue weighted by Gasteiger charge is 2.31. The lowest BCUT2D eigenvalue weighted by atomic mass is 9.88. The van der Waals surface area contributed by atoms with E-state index in [0.717, 1.165) is 12.0 Å². The molecule has 5 heteroatoms. The number of amides is 1. The number of hydrogen-bond acceptors (Lipinski definition) is 3. The third-order valence-corrected chi connectivity index (χ3v) is 4.88. The van der Waals surface area contributed by atoms with Gasteiger partial charge in [-0.3, -0.25) is 9.59 Å². The van der Waals surface area contributed by atoms with E-state index in [1.54, 1.807) is 6.92 Å². The maximum atomic E-state index is 12.0. The van der Waals surface area contributed by atoms with Crippen LogP contribution in [-0.2, 0) is 11.2 Å². The van der Waals surface area contributed by atoms with Gasteiger partial charge in [0.15, 0.2) is 0 Å². The fraction of sp³-hybridized carbons (Fsp3) is 0.571. The van der Waals surface area contributed by atoms with Crippen LogP contribution in [0.4, 0.5) is 0 Å². The summed E-state index contributed by atoms with van der Waals surface area (Å²) >= 11 is 1.47. The van der Waals surface area contributed by atoms with Crippen molar-refractivity contribution in [1.82, 2.24) is 5.32 Å². The van der Waals surface area contributed by atoms with Crippen molar-refractivity contribution in [2.24, 2.45) is 5.41 Å². The molecule has 0 fully saturated rings. The van der Waals surface area contributed by atoms with E-state index in [2.05, 4.69) is 12.2 Å². The molecule has 0 aliphatic carbocycles. The van der Waals surface area contributed by atoms with Crippen LogP contribution in [0.1, 0.15) is 47.3 Å². The van der Waals surface area contributed by atoms with Gasteiger partial charge < -0.3 is 10.4 Å². The Hall–Kier alpha value is -1.36. The van der Waals surface area contributed by atoms with Gasteiger partial charge in [-0.25, -0.2) is 0 Å². The van der Waals surface area contributed by atoms with Gasteiger partial charge in [0.05, 0.1) is 10.3 Å². The summed E-state index contributed by atoms with van der Waals surface area (Å²) in [5, 5.41) is 11.9. The van der Waals surface area contributed by atoms with E-state index < -0.39 is 11.4 Å². The molecule has 106 valence electrons. The topological polar surface area (TPSA) is 66.4 Å². The molecule has 0 spiro atoms. The number of rotatable bonds is 6. The van der Waals surface area contributed by atoms with Crippen LogP contribution in [-0.4, -0.2) is 23.5 Å². The summed E-state index contributed by atoms with van der Waals surface area (Å²) in [6.07, 6.45) is 1.39. The normalized spacial score (nSPS) is 13.9. The van der Waals surface area contributed by atoms with Crippen LogP contribution in [0.2, 0.25) is 0 Å². The second kappa shape index (κ2) is 6.19. The molecule has 0 aromatic carbocycles. The highest BCUT2D eigenvalue weighted by atomic mass is 32.1. The van der Waals surface area contributed by atoms with Crippen molar-refractivity contribution >= 4 is 23.2 Å². The quantitative estimate of drug-likeness (QED) is 0.843. The standard InChI is InChI=1S/C14H21NO3S/c1-5-10-9(3)7-11(19-10)12(16)15-8-14(4,6-2)13(17)18/h7H,5-6,8H2,1-4H3,(H,15,16)(H,17,18). The summed E-state index contributed by atoms with van der Waals surface area (Å²) in [5.74, 6) is -1.07. The van der Waals surface area contributed by atoms with Gasteiger partial charge >= 0.3 is 5.97 Å². The van der Waals surface area contributed by atoms with E-state index in [1.165, 1.54) is 16.2 Å². The summed E-state index contributed by atoms with van der Waals surface area (Å²) < 4.78 is 0. The van der Waals surface area contributed by atoms with E-state index in [-0.39, 0.29) is 12.5 Å². The van der Waals surface area contributed by atoms with Crippen LogP contribution < -0.4 is 5.32 Å². The third kappa shape index (κ3) is 3.56. The van der Waals surface area contributed by atoms with Crippen LogP contribution >= 0.6 is 11.3 Å². The summed E-state index contributed by atoms with van der Waals surface area (Å²) in [5.41, 5.74) is 0.212. The van der Waals surface area contributed by atoms with Crippen LogP contribution in [0.3, 0.4) is 0 Å². The summed E-state index contributed by atoms with van der Waals surface area (Å²) in [7, 11) is 0. The molecule has 1 amide bonds. The summed E-state index contributed by atoms with van der Waals surface area (Å²) in [6.45, 7) is 7.65. The highest BCUT2D eigenvalue weighted by Crippen LogP contribution is 2.23. The predicted octanol–water partition coefficient (Wildman–Crippen LogP) is 2.85. The van der Waals surface area contributed by atoms with Gasteiger partial charge in [0.2, 0.25) is 0 Å². The lowest BCUT2D eigenvalue weighted by Gasteiger charge is -2.22. The molecule has 0 saturated carbocycles. The number of hydrogen-bond donors (Lipinski definition) is 2. The van der Waals surface area contributed by atoms with Gasteiger partial charge in [0, 0.05) is 11.4 Å². The van der Waals surface area contributed by atoms with Crippen LogP contribution in [0.15, 0.2) is 6.07 Å². The minimum atomic E-state index is -0.907. The number of thiophene rings is 1. The van der Waals surface area contributed by atoms with E-state index in [1.807, 2.05) is 19.9 Å². The molecule has 0 aliphatic rings. The predicted molar refractivity (Wildman–Crippen MR) is 76.8 cm³/mol. The largest absolute Gasteiger partial charge is 0.481 e. The monoisotopic (exact) mass is 283 g/mol. The fourth-order valence-corrected chi connectivity index (χ4v) is 2.73. The Kier molecular flexibility index (Phi) is 5.11. The number of aliphatic carboxylic acids is 1. The first-order chi connectivity index (χ1) is 8.84. The van der Waals surface area contributed by atoms with Crippen LogP contribution in [0, 0.1) is 12.3 Å². The number of carboxylic acid groups (broad SMARTS) is 1. The first-order valence-electron chi connectivity index (χ1n) is 6.45. The molecular formula is C14H21NO3S. The zero-order valence-corrected chi connectivity index (χ0v) is 12.7. The number of carbonyl (C=O) groups excluding carboxylic acids is 1. The van der Waals surface area contributed by atoms with Crippen molar-refractivity contribution in [2.75, 3.05) is 6.54 Å². The van der Waals surface area contributed by atoms with Gasteiger partial charge in [0.1, 0.15) is 0 Å². The Morgan fingerprint density at radius 3 is 2.47 bits per heavy atom. The Labute approximate surface area is 117 Å². The third-order valence-electron chi connectivity index (χ3n) is 3.50. The Morgan fingerprint density at radius 2 is 2.05 bits per heavy atom. The molecule has 2 N–H and O–H groups in total. The average molecular weight is 283 g/mol. The summed E-state index contributed by atoms with van der Waals surface area (Å²) in [6, 6.07) is 1.86. The second-order valence-electron chi connectivity index (χ2n) is 4.97. The van der Waals surface area contributed by atoms with Gasteiger partial charge in [-0.15, -0.1) is 11.3 Å². The van der Waals surface area contributed by atoms with Crippen molar-refractivity contribution in [1.29, 1.82) is 0 Å². The van der Waals surface area contributed by atoms with Gasteiger partial charge in [-0.1, -0.05) is 13.8 Å². The van der Waals surface area contributed by atoms with Gasteiger partial charge in [-0.05, 0) is 38.3 Å². The molecule has 1 unspecified atom stereocenters. The lowest BCUT2D eigenvalue weighted by molar-refractivity contribution is -0.147. The fourth-order valence-electron chi connectivity index (χ4n) is 1.70. The maximum absolute atomic E-state index is 12.0. The zero-order valence-electron chi connectivity index (χ0n) is 11.9. The molecule has 1 heterocycles. The minimum absolute atomic E-state index is 0.149. The molecule has 1 aromatic heterocycles. The molecule has 0 saturated heterocycles. The number of aryl methyl sites for hydroxylation is 2. The molecule has 0 bridgehead atoms. The van der Waals surface area contributed by atoms with Crippen molar-refractivity contribution in [3.63, 3.8) is 0 Å². The van der Waals surface area contributed by atoms with Crippen LogP contribution in [0.25, 0.3) is 0 Å². The van der Waals surface area contributed by atoms with E-state index >= 15 is 0 Å². The van der Waals surface area contributed by atoms with Crippen molar-refractivity contribution in [3.05, 3.63) is 21.4 Å². The first-order valence-corrected chi connectivity index (χ1v) is 7.26. The molecule has 19 heavy (non-hydrogen) atoms. The molecule has 1 rings (SSSR count). The highest BCUT2D eigenvalue weighted by molar-refractivity contribution is 7.14. The van der Waals surface area contributed by atoms with E-state index in [4.69, 9.17) is 5.11 Å². The molecule has 0 radical (unpaired) electrons. The van der Waals surface area contributed by atoms with E-state index in [0.29, 0.717) is 11.3 Å². The Balaban J connectivity index is 2.72. The number of carboxylic acids is 1. The number of nitrogens with one attached hydrogen (secondary N) is 1. The zero-order chi connectivity index (χ0) is 14.6. The lowest BCUT2D eigenvalue weighted by Crippen LogP contribution is -2.40. The van der Waals surface area contributed by atoms with Crippen LogP contribution in [0.5, 0.6) is 0 Å². The SMILES string of the molecule is CCc1sc(C(=O)NCC(C)(CC)C(=O)O)cc1C. The Morgan fingerprint density at radius 1 is 1.42 bits per heavy atom. The minimum Gasteiger partial charge on any atom is -0.481 e. The van der Waals surface area contributed by atoms with E-state index in [9.17, 15) is 9.59 Å². The molecule has 0 aliphatic heterocycles. The maximum Gasteiger partial charge on any atom is 0.311 e. The van der Waals surface area contributed by atoms with Crippen molar-refractivity contribution < 1.29 is 14.7 Å². The van der Waals surface area contributed by atoms with Crippen molar-refractivity contribution in [3.8, 4) is 0 Å². The Bertz CT molecular complexity index is 481.